The van der Waals surface area contributed by atoms with Crippen molar-refractivity contribution in [1.29, 1.82) is 0 Å². The van der Waals surface area contributed by atoms with E-state index < -0.39 is 0 Å². The average molecular weight is 370 g/mol. The van der Waals surface area contributed by atoms with E-state index in [4.69, 9.17) is 0 Å². The van der Waals surface area contributed by atoms with Crippen LogP contribution in [0.25, 0.3) is 0 Å². The van der Waals surface area contributed by atoms with Crippen LogP contribution in [-0.2, 0) is 4.79 Å². The molecule has 0 aromatic heterocycles. The van der Waals surface area contributed by atoms with Crippen molar-refractivity contribution in [1.82, 2.24) is 16.0 Å². The van der Waals surface area contributed by atoms with Crippen LogP contribution in [0.3, 0.4) is 0 Å². The van der Waals surface area contributed by atoms with E-state index in [0.29, 0.717) is 6.54 Å². The molecular formula is C12H27IN4O. The summed E-state index contributed by atoms with van der Waals surface area (Å²) in [6.07, 6.45) is 3.54. The van der Waals surface area contributed by atoms with Gasteiger partial charge >= 0.3 is 0 Å². The maximum Gasteiger partial charge on any atom is 0.241 e. The summed E-state index contributed by atoms with van der Waals surface area (Å²) in [5.41, 5.74) is 0. The first kappa shape index (κ1) is 19.8. The summed E-state index contributed by atoms with van der Waals surface area (Å²) in [6.45, 7) is 8.61. The lowest BCUT2D eigenvalue weighted by Crippen LogP contribution is -2.38. The zero-order valence-electron chi connectivity index (χ0n) is 11.7. The number of aliphatic imine (C=N–C) groups is 1. The Bertz CT molecular complexity index is 234. The minimum atomic E-state index is -0.0433. The third kappa shape index (κ3) is 11.9. The number of hydrogen-bond acceptors (Lipinski definition) is 2. The minimum absolute atomic E-state index is 0. The van der Waals surface area contributed by atoms with E-state index in [2.05, 4.69) is 27.9 Å². The van der Waals surface area contributed by atoms with Crippen LogP contribution in [0.15, 0.2) is 4.99 Å². The molecule has 0 aromatic rings. The number of carbonyl (C=O) groups excluding carboxylic acids is 1. The fourth-order valence-electron chi connectivity index (χ4n) is 1.33. The number of guanidine groups is 1. The Hall–Kier alpha value is -0.530. The summed E-state index contributed by atoms with van der Waals surface area (Å²) in [6, 6.07) is 0. The first-order valence-corrected chi connectivity index (χ1v) is 6.53. The maximum atomic E-state index is 11.3. The second-order valence-electron chi connectivity index (χ2n) is 3.78. The Kier molecular flexibility index (Phi) is 16.0. The first-order valence-electron chi connectivity index (χ1n) is 6.53. The highest BCUT2D eigenvalue weighted by Gasteiger charge is 2.00. The largest absolute Gasteiger partial charge is 0.357 e. The molecule has 3 N–H and O–H groups in total. The molecule has 5 nitrogen and oxygen atoms in total. The Morgan fingerprint density at radius 1 is 1.00 bits per heavy atom. The molecule has 0 saturated carbocycles. The van der Waals surface area contributed by atoms with E-state index in [9.17, 15) is 4.79 Å². The number of nitrogens with one attached hydrogen (secondary N) is 3. The van der Waals surface area contributed by atoms with E-state index in [1.165, 1.54) is 12.8 Å². The van der Waals surface area contributed by atoms with Crippen LogP contribution < -0.4 is 16.0 Å². The molecule has 0 fully saturated rings. The van der Waals surface area contributed by atoms with Crippen molar-refractivity contribution in [3.05, 3.63) is 0 Å². The molecule has 0 saturated heterocycles. The molecule has 0 aromatic carbocycles. The van der Waals surface area contributed by atoms with Crippen LogP contribution in [-0.4, -0.2) is 38.0 Å². The van der Waals surface area contributed by atoms with E-state index in [0.717, 1.165) is 25.5 Å². The van der Waals surface area contributed by atoms with Gasteiger partial charge in [0.25, 0.3) is 0 Å². The molecule has 1 amide bonds. The summed E-state index contributed by atoms with van der Waals surface area (Å²) in [4.78, 5) is 15.5. The summed E-state index contributed by atoms with van der Waals surface area (Å²) in [5, 5.41) is 9.05. The molecule has 0 aliphatic rings. The van der Waals surface area contributed by atoms with Gasteiger partial charge in [-0.15, -0.1) is 24.0 Å². The Labute approximate surface area is 128 Å². The quantitative estimate of drug-likeness (QED) is 0.263. The van der Waals surface area contributed by atoms with Gasteiger partial charge in [0.15, 0.2) is 5.96 Å². The third-order valence-electron chi connectivity index (χ3n) is 2.17. The molecule has 0 unspecified atom stereocenters. The first-order chi connectivity index (χ1) is 8.24. The van der Waals surface area contributed by atoms with Crippen LogP contribution >= 0.6 is 24.0 Å². The van der Waals surface area contributed by atoms with Gasteiger partial charge < -0.3 is 16.0 Å². The van der Waals surface area contributed by atoms with Crippen molar-refractivity contribution in [2.45, 2.75) is 40.0 Å². The van der Waals surface area contributed by atoms with Gasteiger partial charge in [0.2, 0.25) is 5.91 Å². The van der Waals surface area contributed by atoms with Crippen LogP contribution in [0.4, 0.5) is 0 Å². The van der Waals surface area contributed by atoms with E-state index in [1.54, 1.807) is 0 Å². The van der Waals surface area contributed by atoms with Gasteiger partial charge in [-0.2, -0.15) is 0 Å². The van der Waals surface area contributed by atoms with Gasteiger partial charge in [0.1, 0.15) is 6.54 Å². The van der Waals surface area contributed by atoms with E-state index in [-0.39, 0.29) is 36.4 Å². The molecular weight excluding hydrogens is 343 g/mol. The molecule has 0 spiro atoms. The Morgan fingerprint density at radius 2 is 1.67 bits per heavy atom. The number of halogens is 1. The number of unbranched alkanes of at least 4 members (excludes halogenated alkanes) is 2. The standard InChI is InChI=1S/C12H26N4O.HI/c1-4-7-8-9-15-12(14-6-3)16-10-11(17)13-5-2;/h4-10H2,1-3H3,(H,13,17)(H2,14,15,16);1H. The molecule has 0 aliphatic carbocycles. The second kappa shape index (κ2) is 14.5. The van der Waals surface area contributed by atoms with Crippen molar-refractivity contribution in [3.63, 3.8) is 0 Å². The number of carbonyl (C=O) groups is 1. The molecule has 0 heterocycles. The molecule has 0 atom stereocenters. The van der Waals surface area contributed by atoms with E-state index >= 15 is 0 Å². The monoisotopic (exact) mass is 370 g/mol. The van der Waals surface area contributed by atoms with Gasteiger partial charge in [0.05, 0.1) is 0 Å². The molecule has 18 heavy (non-hydrogen) atoms. The zero-order valence-corrected chi connectivity index (χ0v) is 14.0. The number of likely N-dealkylation sites (N-methyl/N-ethyl adjacent to an activating group) is 1. The van der Waals surface area contributed by atoms with Gasteiger partial charge in [-0.05, 0) is 20.3 Å². The highest BCUT2D eigenvalue weighted by molar-refractivity contribution is 14.0. The highest BCUT2D eigenvalue weighted by atomic mass is 127. The van der Waals surface area contributed by atoms with Gasteiger partial charge in [-0.25, -0.2) is 4.99 Å². The Balaban J connectivity index is 0. The van der Waals surface area contributed by atoms with Crippen LogP contribution in [0, 0.1) is 0 Å². The molecule has 0 rings (SSSR count). The normalized spacial score (nSPS) is 10.5. The lowest BCUT2D eigenvalue weighted by molar-refractivity contribution is -0.119. The van der Waals surface area contributed by atoms with Crippen LogP contribution in [0.1, 0.15) is 40.0 Å². The summed E-state index contributed by atoms with van der Waals surface area (Å²) in [7, 11) is 0. The third-order valence-corrected chi connectivity index (χ3v) is 2.17. The predicted molar refractivity (Wildman–Crippen MR) is 87.6 cm³/mol. The SMILES string of the molecule is CCCCCNC(=NCC(=O)NCC)NCC.I. The van der Waals surface area contributed by atoms with Crippen LogP contribution in [0.5, 0.6) is 0 Å². The highest BCUT2D eigenvalue weighted by Crippen LogP contribution is 1.90. The van der Waals surface area contributed by atoms with Gasteiger partial charge in [-0.3, -0.25) is 4.79 Å². The van der Waals surface area contributed by atoms with Crippen molar-refractivity contribution in [2.24, 2.45) is 4.99 Å². The van der Waals surface area contributed by atoms with Crippen molar-refractivity contribution >= 4 is 35.8 Å². The van der Waals surface area contributed by atoms with Crippen molar-refractivity contribution < 1.29 is 4.79 Å². The fraction of sp³-hybridized carbons (Fsp3) is 0.833. The second-order valence-corrected chi connectivity index (χ2v) is 3.78. The Morgan fingerprint density at radius 3 is 2.22 bits per heavy atom. The lowest BCUT2D eigenvalue weighted by Gasteiger charge is -2.10. The van der Waals surface area contributed by atoms with Crippen LogP contribution in [0.2, 0.25) is 0 Å². The maximum absolute atomic E-state index is 11.3. The zero-order chi connectivity index (χ0) is 12.9. The molecule has 0 aliphatic heterocycles. The minimum Gasteiger partial charge on any atom is -0.357 e. The summed E-state index contributed by atoms with van der Waals surface area (Å²) in [5.74, 6) is 0.674. The molecule has 0 radical (unpaired) electrons. The summed E-state index contributed by atoms with van der Waals surface area (Å²) >= 11 is 0. The number of rotatable bonds is 8. The molecule has 108 valence electrons. The molecule has 0 bridgehead atoms. The van der Waals surface area contributed by atoms with Gasteiger partial charge in [-0.1, -0.05) is 19.8 Å². The smallest absolute Gasteiger partial charge is 0.241 e. The topological polar surface area (TPSA) is 65.5 Å². The van der Waals surface area contributed by atoms with Crippen molar-refractivity contribution in [2.75, 3.05) is 26.2 Å². The van der Waals surface area contributed by atoms with Gasteiger partial charge in [0, 0.05) is 19.6 Å². The average Bonchev–Trinajstić information content (AvgIpc) is 2.32. The fourth-order valence-corrected chi connectivity index (χ4v) is 1.33. The number of nitrogens with zero attached hydrogens (tertiary/aromatic N) is 1. The lowest BCUT2D eigenvalue weighted by atomic mass is 10.2. The summed E-state index contributed by atoms with van der Waals surface area (Å²) < 4.78 is 0. The molecule has 6 heteroatoms. The van der Waals surface area contributed by atoms with Crippen molar-refractivity contribution in [3.8, 4) is 0 Å². The van der Waals surface area contributed by atoms with E-state index in [1.807, 2.05) is 13.8 Å². The number of amides is 1. The predicted octanol–water partition coefficient (Wildman–Crippen LogP) is 1.49. The number of hydrogen-bond donors (Lipinski definition) is 3.